The van der Waals surface area contributed by atoms with Crippen molar-refractivity contribution >= 4 is 11.7 Å². The molecule has 0 bridgehead atoms. The molecule has 2 rings (SSSR count). The maximum absolute atomic E-state index is 12.0. The number of hydrogen-bond donors (Lipinski definition) is 0. The molecule has 4 nitrogen and oxygen atoms in total. The Bertz CT molecular complexity index is 481. The number of ketones is 1. The van der Waals surface area contributed by atoms with Gasteiger partial charge in [-0.05, 0) is 13.3 Å². The largest absolute Gasteiger partial charge is 0.380 e. The zero-order chi connectivity index (χ0) is 14.5. The number of carbonyl (C=O) groups excluding carboxylic acids is 2. The average molecular weight is 275 g/mol. The molecule has 1 unspecified atom stereocenters. The first-order valence-electron chi connectivity index (χ1n) is 7.00. The molecule has 20 heavy (non-hydrogen) atoms. The summed E-state index contributed by atoms with van der Waals surface area (Å²) in [6.07, 6.45) is 1.58. The van der Waals surface area contributed by atoms with E-state index in [2.05, 4.69) is 0 Å². The number of carbonyl (C=O) groups is 2. The summed E-state index contributed by atoms with van der Waals surface area (Å²) in [7, 11) is 1.67. The molecular formula is C16H21NO3. The van der Waals surface area contributed by atoms with Crippen LogP contribution in [-0.4, -0.2) is 42.9 Å². The minimum absolute atomic E-state index is 0.0286. The Labute approximate surface area is 119 Å². The smallest absolute Gasteiger partial charge is 0.223 e. The Morgan fingerprint density at radius 2 is 1.95 bits per heavy atom. The second-order valence-corrected chi connectivity index (χ2v) is 5.28. The highest BCUT2D eigenvalue weighted by atomic mass is 16.5. The van der Waals surface area contributed by atoms with Crippen molar-refractivity contribution < 1.29 is 14.3 Å². The first kappa shape index (κ1) is 14.7. The number of nitrogens with zero attached hydrogens (tertiary/aromatic N) is 1. The van der Waals surface area contributed by atoms with Gasteiger partial charge in [-0.1, -0.05) is 29.8 Å². The number of hydrogen-bond acceptors (Lipinski definition) is 3. The number of rotatable bonds is 5. The summed E-state index contributed by atoms with van der Waals surface area (Å²) in [4.78, 5) is 25.8. The van der Waals surface area contributed by atoms with E-state index >= 15 is 0 Å². The lowest BCUT2D eigenvalue weighted by molar-refractivity contribution is -0.130. The molecule has 1 amide bonds. The number of ether oxygens (including phenoxy) is 1. The summed E-state index contributed by atoms with van der Waals surface area (Å²) in [5.41, 5.74) is 1.81. The number of aryl methyl sites for hydroxylation is 1. The van der Waals surface area contributed by atoms with E-state index in [1.54, 1.807) is 12.0 Å². The van der Waals surface area contributed by atoms with Gasteiger partial charge in [0, 0.05) is 38.6 Å². The molecule has 1 aromatic carbocycles. The Morgan fingerprint density at radius 3 is 2.55 bits per heavy atom. The zero-order valence-corrected chi connectivity index (χ0v) is 12.1. The molecular weight excluding hydrogens is 254 g/mol. The first-order chi connectivity index (χ1) is 9.60. The molecule has 0 aromatic heterocycles. The van der Waals surface area contributed by atoms with E-state index in [0.29, 0.717) is 12.1 Å². The molecule has 0 saturated carbocycles. The number of benzene rings is 1. The van der Waals surface area contributed by atoms with E-state index < -0.39 is 0 Å². The van der Waals surface area contributed by atoms with Gasteiger partial charge < -0.3 is 9.64 Å². The van der Waals surface area contributed by atoms with Crippen molar-refractivity contribution in [3.63, 3.8) is 0 Å². The molecule has 1 saturated heterocycles. The van der Waals surface area contributed by atoms with Crippen LogP contribution >= 0.6 is 0 Å². The highest BCUT2D eigenvalue weighted by Crippen LogP contribution is 2.14. The second kappa shape index (κ2) is 6.66. The van der Waals surface area contributed by atoms with Crippen molar-refractivity contribution in [1.29, 1.82) is 0 Å². The van der Waals surface area contributed by atoms with Gasteiger partial charge in [-0.15, -0.1) is 0 Å². The van der Waals surface area contributed by atoms with Crippen LogP contribution in [0.1, 0.15) is 35.2 Å². The van der Waals surface area contributed by atoms with Crippen molar-refractivity contribution in [1.82, 2.24) is 4.90 Å². The second-order valence-electron chi connectivity index (χ2n) is 5.28. The van der Waals surface area contributed by atoms with Gasteiger partial charge in [0.05, 0.1) is 6.10 Å². The Kier molecular flexibility index (Phi) is 4.90. The molecule has 1 atom stereocenters. The Morgan fingerprint density at radius 1 is 1.25 bits per heavy atom. The van der Waals surface area contributed by atoms with Crippen LogP contribution in [0.2, 0.25) is 0 Å². The molecule has 1 fully saturated rings. The minimum Gasteiger partial charge on any atom is -0.380 e. The first-order valence-corrected chi connectivity index (χ1v) is 7.00. The normalized spacial score (nSPS) is 18.3. The molecule has 1 aromatic rings. The quantitative estimate of drug-likeness (QED) is 0.774. The van der Waals surface area contributed by atoms with Gasteiger partial charge in [0.15, 0.2) is 5.78 Å². The molecule has 0 radical (unpaired) electrons. The Hall–Kier alpha value is -1.68. The fourth-order valence-corrected chi connectivity index (χ4v) is 2.41. The van der Waals surface area contributed by atoms with Crippen LogP contribution in [0.3, 0.4) is 0 Å². The van der Waals surface area contributed by atoms with Gasteiger partial charge in [-0.3, -0.25) is 9.59 Å². The summed E-state index contributed by atoms with van der Waals surface area (Å²) in [6.45, 7) is 3.36. The summed E-state index contributed by atoms with van der Waals surface area (Å²) < 4.78 is 5.24. The zero-order valence-electron chi connectivity index (χ0n) is 12.1. The van der Waals surface area contributed by atoms with E-state index in [1.165, 1.54) is 0 Å². The SMILES string of the molecule is COC1CCN(C(=O)CCC(=O)c2ccc(C)cc2)C1. The van der Waals surface area contributed by atoms with Crippen LogP contribution in [0.15, 0.2) is 24.3 Å². The summed E-state index contributed by atoms with van der Waals surface area (Å²) >= 11 is 0. The maximum atomic E-state index is 12.0. The van der Waals surface area contributed by atoms with Crippen LogP contribution in [0.4, 0.5) is 0 Å². The van der Waals surface area contributed by atoms with Crippen molar-refractivity contribution in [3.8, 4) is 0 Å². The van der Waals surface area contributed by atoms with Crippen molar-refractivity contribution in [2.24, 2.45) is 0 Å². The highest BCUT2D eigenvalue weighted by molar-refractivity contribution is 5.98. The number of methoxy groups -OCH3 is 1. The molecule has 0 N–H and O–H groups in total. The third kappa shape index (κ3) is 3.67. The third-order valence-electron chi connectivity index (χ3n) is 3.77. The summed E-state index contributed by atoms with van der Waals surface area (Å²) in [5.74, 6) is 0.0749. The van der Waals surface area contributed by atoms with Gasteiger partial charge in [-0.2, -0.15) is 0 Å². The molecule has 4 heteroatoms. The van der Waals surface area contributed by atoms with Gasteiger partial charge in [-0.25, -0.2) is 0 Å². The van der Waals surface area contributed by atoms with E-state index in [9.17, 15) is 9.59 Å². The van der Waals surface area contributed by atoms with E-state index in [-0.39, 0.29) is 30.6 Å². The molecule has 108 valence electrons. The average Bonchev–Trinajstić information content (AvgIpc) is 2.94. The standard InChI is InChI=1S/C16H21NO3/c1-12-3-5-13(6-4-12)15(18)7-8-16(19)17-10-9-14(11-17)20-2/h3-6,14H,7-11H2,1-2H3. The summed E-state index contributed by atoms with van der Waals surface area (Å²) in [6, 6.07) is 7.47. The van der Waals surface area contributed by atoms with Gasteiger partial charge in [0.2, 0.25) is 5.91 Å². The maximum Gasteiger partial charge on any atom is 0.223 e. The topological polar surface area (TPSA) is 46.6 Å². The monoisotopic (exact) mass is 275 g/mol. The van der Waals surface area contributed by atoms with Crippen LogP contribution in [0.5, 0.6) is 0 Å². The van der Waals surface area contributed by atoms with E-state index in [1.807, 2.05) is 31.2 Å². The fraction of sp³-hybridized carbons (Fsp3) is 0.500. The predicted molar refractivity (Wildman–Crippen MR) is 76.7 cm³/mol. The van der Waals surface area contributed by atoms with Gasteiger partial charge in [0.1, 0.15) is 0 Å². The molecule has 1 heterocycles. The minimum atomic E-state index is 0.0286. The third-order valence-corrected chi connectivity index (χ3v) is 3.77. The molecule has 0 aliphatic carbocycles. The van der Waals surface area contributed by atoms with Gasteiger partial charge >= 0.3 is 0 Å². The van der Waals surface area contributed by atoms with E-state index in [0.717, 1.165) is 18.5 Å². The van der Waals surface area contributed by atoms with Crippen LogP contribution < -0.4 is 0 Å². The van der Waals surface area contributed by atoms with E-state index in [4.69, 9.17) is 4.74 Å². The lowest BCUT2D eigenvalue weighted by Gasteiger charge is -2.15. The van der Waals surface area contributed by atoms with Crippen LogP contribution in [0.25, 0.3) is 0 Å². The summed E-state index contributed by atoms with van der Waals surface area (Å²) in [5, 5.41) is 0. The number of amides is 1. The lowest BCUT2D eigenvalue weighted by Crippen LogP contribution is -2.30. The highest BCUT2D eigenvalue weighted by Gasteiger charge is 2.25. The Balaban J connectivity index is 1.81. The molecule has 0 spiro atoms. The lowest BCUT2D eigenvalue weighted by atomic mass is 10.0. The molecule has 1 aliphatic heterocycles. The van der Waals surface area contributed by atoms with Crippen molar-refractivity contribution in [2.45, 2.75) is 32.3 Å². The number of Topliss-reactive ketones (excluding diaryl/α,β-unsaturated/α-hetero) is 1. The fourth-order valence-electron chi connectivity index (χ4n) is 2.41. The van der Waals surface area contributed by atoms with Crippen molar-refractivity contribution in [2.75, 3.05) is 20.2 Å². The molecule has 1 aliphatic rings. The van der Waals surface area contributed by atoms with Crippen molar-refractivity contribution in [3.05, 3.63) is 35.4 Å². The number of likely N-dealkylation sites (tertiary alicyclic amines) is 1. The van der Waals surface area contributed by atoms with Crippen LogP contribution in [0, 0.1) is 6.92 Å². The van der Waals surface area contributed by atoms with Gasteiger partial charge in [0.25, 0.3) is 0 Å². The predicted octanol–water partition coefficient (Wildman–Crippen LogP) is 2.21. The van der Waals surface area contributed by atoms with Crippen LogP contribution in [-0.2, 0) is 9.53 Å².